The normalized spacial score (nSPS) is 24.7. The number of carbonyl (C=O) groups excluding carboxylic acids is 1. The molecular weight excluding hydrogens is 496 g/mol. The number of thiophene rings is 1. The van der Waals surface area contributed by atoms with E-state index >= 15 is 0 Å². The van der Waals surface area contributed by atoms with E-state index < -0.39 is 16.0 Å². The van der Waals surface area contributed by atoms with Crippen LogP contribution >= 0.6 is 11.3 Å². The molecule has 3 N–H and O–H groups in total. The van der Waals surface area contributed by atoms with Crippen molar-refractivity contribution in [3.63, 3.8) is 0 Å². The van der Waals surface area contributed by atoms with E-state index in [0.29, 0.717) is 34.7 Å². The van der Waals surface area contributed by atoms with Crippen LogP contribution in [0.3, 0.4) is 0 Å². The predicted molar refractivity (Wildman–Crippen MR) is 142 cm³/mol. The van der Waals surface area contributed by atoms with Crippen LogP contribution in [0.2, 0.25) is 0 Å². The number of hydrogen-bond donors (Lipinski definition) is 3. The van der Waals surface area contributed by atoms with Crippen molar-refractivity contribution >= 4 is 38.2 Å². The highest BCUT2D eigenvalue weighted by atomic mass is 32.2. The number of carboxylic acids is 1. The van der Waals surface area contributed by atoms with E-state index in [0.717, 1.165) is 25.7 Å². The van der Waals surface area contributed by atoms with E-state index in [2.05, 4.69) is 36.0 Å². The standard InChI is InChI=1S/C27H34N2O5S2/c1-27(2)20-14-18(10-6-3-4-9-13-24(30)31)25(22(27)16-20)28-26(32)19-15-23(35-17-19)29-36(33,34)21-11-7-5-8-12-21/h3,5-8,11-12,15,17-18,20,22,25,29H,4,9-10,13-14,16H2,1-2H3,(H,28,32)(H,30,31)/b6-3-/t18-,20+,22+,25?/m0/s1. The van der Waals surface area contributed by atoms with Crippen LogP contribution in [-0.4, -0.2) is 31.4 Å². The molecule has 2 aromatic rings. The number of carboxylic acid groups (broad SMARTS) is 1. The summed E-state index contributed by atoms with van der Waals surface area (Å²) in [4.78, 5) is 24.1. The summed E-state index contributed by atoms with van der Waals surface area (Å²) in [6.45, 7) is 4.56. The Kier molecular flexibility index (Phi) is 7.90. The summed E-state index contributed by atoms with van der Waals surface area (Å²) in [5.74, 6) is 0.431. The first-order chi connectivity index (χ1) is 17.1. The average Bonchev–Trinajstić information content (AvgIpc) is 3.30. The zero-order valence-corrected chi connectivity index (χ0v) is 22.3. The lowest BCUT2D eigenvalue weighted by atomic mass is 9.44. The maximum atomic E-state index is 13.2. The summed E-state index contributed by atoms with van der Waals surface area (Å²) < 4.78 is 27.8. The molecule has 1 heterocycles. The molecule has 9 heteroatoms. The number of rotatable bonds is 11. The second kappa shape index (κ2) is 10.8. The number of unbranched alkanes of at least 4 members (excludes halogenated alkanes) is 1. The van der Waals surface area contributed by atoms with Gasteiger partial charge in [-0.15, -0.1) is 11.3 Å². The Balaban J connectivity index is 1.40. The molecule has 1 unspecified atom stereocenters. The van der Waals surface area contributed by atoms with Gasteiger partial charge in [-0.3, -0.25) is 14.3 Å². The molecule has 0 aliphatic heterocycles. The van der Waals surface area contributed by atoms with Crippen LogP contribution in [0.1, 0.15) is 62.7 Å². The van der Waals surface area contributed by atoms with Crippen LogP contribution in [0.15, 0.2) is 58.8 Å². The van der Waals surface area contributed by atoms with Crippen molar-refractivity contribution in [2.45, 2.75) is 63.3 Å². The first kappa shape index (κ1) is 26.4. The van der Waals surface area contributed by atoms with Crippen molar-refractivity contribution in [2.75, 3.05) is 4.72 Å². The van der Waals surface area contributed by atoms with Crippen LogP contribution in [-0.2, 0) is 14.8 Å². The number of nitrogens with one attached hydrogen (secondary N) is 2. The second-order valence-electron chi connectivity index (χ2n) is 10.5. The van der Waals surface area contributed by atoms with E-state index in [1.807, 2.05) is 0 Å². The average molecular weight is 531 g/mol. The van der Waals surface area contributed by atoms with E-state index in [-0.39, 0.29) is 28.7 Å². The van der Waals surface area contributed by atoms with Gasteiger partial charge in [-0.2, -0.15) is 0 Å². The Bertz CT molecular complexity index is 1220. The maximum absolute atomic E-state index is 13.2. The summed E-state index contributed by atoms with van der Waals surface area (Å²) in [6, 6.07) is 9.79. The van der Waals surface area contributed by atoms with Gasteiger partial charge in [0.2, 0.25) is 0 Å². The number of benzene rings is 1. The van der Waals surface area contributed by atoms with Crippen molar-refractivity contribution < 1.29 is 23.1 Å². The summed E-state index contributed by atoms with van der Waals surface area (Å²) in [6.07, 6.45) is 8.75. The fraction of sp³-hybridized carbons (Fsp3) is 0.481. The lowest BCUT2D eigenvalue weighted by Gasteiger charge is -2.62. The minimum atomic E-state index is -3.71. The third-order valence-electron chi connectivity index (χ3n) is 7.89. The highest BCUT2D eigenvalue weighted by Gasteiger charge is 2.57. The zero-order valence-electron chi connectivity index (χ0n) is 20.6. The van der Waals surface area contributed by atoms with Crippen LogP contribution in [0.25, 0.3) is 0 Å². The van der Waals surface area contributed by atoms with Crippen LogP contribution in [0.5, 0.6) is 0 Å². The van der Waals surface area contributed by atoms with Crippen molar-refractivity contribution in [3.05, 3.63) is 59.5 Å². The van der Waals surface area contributed by atoms with E-state index in [1.54, 1.807) is 29.6 Å². The SMILES string of the molecule is CC1(C)[C@@H]2C[C@H](C/C=C\CCCC(=O)O)C(NC(=O)c3csc(NS(=O)(=O)c4ccccc4)c3)[C@H]1C2. The van der Waals surface area contributed by atoms with E-state index in [4.69, 9.17) is 5.11 Å². The molecule has 3 aliphatic carbocycles. The van der Waals surface area contributed by atoms with Crippen molar-refractivity contribution in [3.8, 4) is 0 Å². The molecule has 3 aliphatic rings. The third kappa shape index (κ3) is 5.83. The molecule has 0 spiro atoms. The number of carbonyl (C=O) groups is 2. The monoisotopic (exact) mass is 530 g/mol. The maximum Gasteiger partial charge on any atom is 0.303 e. The molecule has 1 aromatic heterocycles. The minimum absolute atomic E-state index is 0.0468. The van der Waals surface area contributed by atoms with Crippen LogP contribution < -0.4 is 10.0 Å². The Labute approximate surface area is 217 Å². The first-order valence-corrected chi connectivity index (χ1v) is 14.8. The lowest BCUT2D eigenvalue weighted by Crippen LogP contribution is -2.63. The summed E-state index contributed by atoms with van der Waals surface area (Å²) >= 11 is 1.19. The van der Waals surface area contributed by atoms with Crippen molar-refractivity contribution in [1.82, 2.24) is 5.32 Å². The minimum Gasteiger partial charge on any atom is -0.481 e. The molecule has 36 heavy (non-hydrogen) atoms. The van der Waals surface area contributed by atoms with Gasteiger partial charge in [0.1, 0.15) is 5.00 Å². The molecule has 3 saturated carbocycles. The quantitative estimate of drug-likeness (QED) is 0.261. The van der Waals surface area contributed by atoms with Gasteiger partial charge in [0.05, 0.1) is 10.5 Å². The van der Waals surface area contributed by atoms with Crippen LogP contribution in [0.4, 0.5) is 5.00 Å². The first-order valence-electron chi connectivity index (χ1n) is 12.4. The number of sulfonamides is 1. The Morgan fingerprint density at radius 1 is 1.17 bits per heavy atom. The largest absolute Gasteiger partial charge is 0.481 e. The fourth-order valence-electron chi connectivity index (χ4n) is 5.66. The molecule has 5 rings (SSSR count). The van der Waals surface area contributed by atoms with Crippen molar-refractivity contribution in [1.29, 1.82) is 0 Å². The highest BCUT2D eigenvalue weighted by Crippen LogP contribution is 2.61. The number of hydrogen-bond acceptors (Lipinski definition) is 5. The Morgan fingerprint density at radius 3 is 2.61 bits per heavy atom. The molecule has 0 radical (unpaired) electrons. The number of allylic oxidation sites excluding steroid dienone is 2. The molecule has 7 nitrogen and oxygen atoms in total. The van der Waals surface area contributed by atoms with Gasteiger partial charge in [0, 0.05) is 17.8 Å². The fourth-order valence-corrected chi connectivity index (χ4v) is 7.76. The smallest absolute Gasteiger partial charge is 0.303 e. The molecule has 3 fully saturated rings. The van der Waals surface area contributed by atoms with Gasteiger partial charge in [0.25, 0.3) is 15.9 Å². The molecule has 1 aromatic carbocycles. The third-order valence-corrected chi connectivity index (χ3v) is 10.2. The number of aliphatic carboxylic acids is 1. The molecule has 4 atom stereocenters. The molecule has 1 amide bonds. The van der Waals surface area contributed by atoms with Gasteiger partial charge in [-0.05, 0) is 73.5 Å². The second-order valence-corrected chi connectivity index (χ2v) is 13.1. The number of amides is 1. The topological polar surface area (TPSA) is 113 Å². The molecule has 2 bridgehead atoms. The molecule has 0 saturated heterocycles. The summed E-state index contributed by atoms with van der Waals surface area (Å²) in [5, 5.41) is 14.2. The van der Waals surface area contributed by atoms with Gasteiger partial charge in [0.15, 0.2) is 0 Å². The zero-order chi connectivity index (χ0) is 25.9. The number of anilines is 1. The van der Waals surface area contributed by atoms with Crippen molar-refractivity contribution in [2.24, 2.45) is 23.2 Å². The Hall–Kier alpha value is -2.65. The van der Waals surface area contributed by atoms with E-state index in [1.165, 1.54) is 23.5 Å². The lowest BCUT2D eigenvalue weighted by molar-refractivity contribution is -0.137. The van der Waals surface area contributed by atoms with Crippen LogP contribution in [0, 0.1) is 23.2 Å². The predicted octanol–water partition coefficient (Wildman–Crippen LogP) is 5.53. The van der Waals surface area contributed by atoms with Gasteiger partial charge < -0.3 is 10.4 Å². The van der Waals surface area contributed by atoms with Gasteiger partial charge >= 0.3 is 5.97 Å². The van der Waals surface area contributed by atoms with Gasteiger partial charge in [-0.25, -0.2) is 8.42 Å². The summed E-state index contributed by atoms with van der Waals surface area (Å²) in [7, 11) is -3.71. The highest BCUT2D eigenvalue weighted by molar-refractivity contribution is 7.93. The molecule has 194 valence electrons. The van der Waals surface area contributed by atoms with E-state index in [9.17, 15) is 18.0 Å². The number of fused-ring (bicyclic) bond motifs is 2. The Morgan fingerprint density at radius 2 is 1.92 bits per heavy atom. The summed E-state index contributed by atoms with van der Waals surface area (Å²) in [5.41, 5.74) is 0.637. The van der Waals surface area contributed by atoms with Gasteiger partial charge in [-0.1, -0.05) is 44.2 Å². The molecular formula is C27H34N2O5S2.